The SMILES string of the molecule is CN=C(NCCc1ccc(Cl)nc1)NCc1cccc(Br)c1.I. The van der Waals surface area contributed by atoms with Crippen molar-refractivity contribution in [2.45, 2.75) is 13.0 Å². The molecule has 2 aromatic rings. The number of hydrogen-bond donors (Lipinski definition) is 2. The fourth-order valence-corrected chi connectivity index (χ4v) is 2.49. The summed E-state index contributed by atoms with van der Waals surface area (Å²) in [6.07, 6.45) is 2.66. The monoisotopic (exact) mass is 508 g/mol. The van der Waals surface area contributed by atoms with Crippen LogP contribution < -0.4 is 10.6 Å². The molecule has 2 rings (SSSR count). The van der Waals surface area contributed by atoms with Crippen LogP contribution in [0.25, 0.3) is 0 Å². The van der Waals surface area contributed by atoms with Crippen LogP contribution >= 0.6 is 51.5 Å². The van der Waals surface area contributed by atoms with Crippen LogP contribution in [0.5, 0.6) is 0 Å². The minimum atomic E-state index is 0. The molecule has 2 N–H and O–H groups in total. The molecule has 4 nitrogen and oxygen atoms in total. The molecule has 0 saturated heterocycles. The number of nitrogens with one attached hydrogen (secondary N) is 2. The van der Waals surface area contributed by atoms with E-state index in [1.54, 1.807) is 19.3 Å². The Hall–Kier alpha value is -0.860. The van der Waals surface area contributed by atoms with E-state index in [2.05, 4.69) is 48.7 Å². The van der Waals surface area contributed by atoms with E-state index >= 15 is 0 Å². The summed E-state index contributed by atoms with van der Waals surface area (Å²) in [6, 6.07) is 12.0. The van der Waals surface area contributed by atoms with Gasteiger partial charge in [-0.15, -0.1) is 24.0 Å². The summed E-state index contributed by atoms with van der Waals surface area (Å²) < 4.78 is 1.07. The molecule has 0 bridgehead atoms. The Labute approximate surface area is 167 Å². The lowest BCUT2D eigenvalue weighted by atomic mass is 10.2. The molecular weight excluding hydrogens is 490 g/mol. The molecule has 0 atom stereocenters. The minimum absolute atomic E-state index is 0. The number of pyridine rings is 1. The first-order valence-electron chi connectivity index (χ1n) is 6.97. The van der Waals surface area contributed by atoms with Crippen LogP contribution in [0.1, 0.15) is 11.1 Å². The van der Waals surface area contributed by atoms with Crippen LogP contribution in [0.15, 0.2) is 52.1 Å². The zero-order valence-electron chi connectivity index (χ0n) is 12.7. The number of nitrogens with zero attached hydrogens (tertiary/aromatic N) is 2. The van der Waals surface area contributed by atoms with Gasteiger partial charge in [-0.2, -0.15) is 0 Å². The third-order valence-corrected chi connectivity index (χ3v) is 3.78. The molecule has 1 aromatic carbocycles. The average molecular weight is 510 g/mol. The van der Waals surface area contributed by atoms with Crippen molar-refractivity contribution in [1.82, 2.24) is 15.6 Å². The topological polar surface area (TPSA) is 49.3 Å². The van der Waals surface area contributed by atoms with Crippen molar-refractivity contribution < 1.29 is 0 Å². The maximum atomic E-state index is 5.77. The molecule has 1 heterocycles. The lowest BCUT2D eigenvalue weighted by Crippen LogP contribution is -2.37. The first-order chi connectivity index (χ1) is 10.7. The van der Waals surface area contributed by atoms with Gasteiger partial charge in [-0.1, -0.05) is 45.7 Å². The highest BCUT2D eigenvalue weighted by atomic mass is 127. The van der Waals surface area contributed by atoms with E-state index in [1.165, 1.54) is 5.56 Å². The molecule has 0 aliphatic rings. The highest BCUT2D eigenvalue weighted by Gasteiger charge is 2.00. The molecule has 0 spiro atoms. The van der Waals surface area contributed by atoms with Gasteiger partial charge in [0.2, 0.25) is 0 Å². The number of hydrogen-bond acceptors (Lipinski definition) is 2. The highest BCUT2D eigenvalue weighted by Crippen LogP contribution is 2.11. The highest BCUT2D eigenvalue weighted by molar-refractivity contribution is 14.0. The third kappa shape index (κ3) is 7.50. The van der Waals surface area contributed by atoms with Crippen molar-refractivity contribution in [1.29, 1.82) is 0 Å². The Morgan fingerprint density at radius 3 is 2.70 bits per heavy atom. The molecule has 1 aromatic heterocycles. The molecular formula is C16H19BrClIN4. The van der Waals surface area contributed by atoms with Crippen molar-refractivity contribution >= 4 is 57.5 Å². The van der Waals surface area contributed by atoms with Gasteiger partial charge in [0, 0.05) is 30.8 Å². The Morgan fingerprint density at radius 2 is 2.04 bits per heavy atom. The predicted octanol–water partition coefficient (Wildman–Crippen LogP) is 4.02. The maximum Gasteiger partial charge on any atom is 0.191 e. The van der Waals surface area contributed by atoms with Crippen molar-refractivity contribution in [2.24, 2.45) is 4.99 Å². The van der Waals surface area contributed by atoms with E-state index in [4.69, 9.17) is 11.6 Å². The second-order valence-corrected chi connectivity index (χ2v) is 6.02. The van der Waals surface area contributed by atoms with E-state index < -0.39 is 0 Å². The van der Waals surface area contributed by atoms with Crippen LogP contribution in [0.4, 0.5) is 0 Å². The number of aromatic nitrogens is 1. The van der Waals surface area contributed by atoms with Gasteiger partial charge in [0.25, 0.3) is 0 Å². The van der Waals surface area contributed by atoms with Gasteiger partial charge in [-0.3, -0.25) is 4.99 Å². The molecule has 0 saturated carbocycles. The van der Waals surface area contributed by atoms with E-state index in [0.29, 0.717) is 5.15 Å². The number of benzene rings is 1. The summed E-state index contributed by atoms with van der Waals surface area (Å²) in [5.74, 6) is 0.780. The molecule has 23 heavy (non-hydrogen) atoms. The first-order valence-corrected chi connectivity index (χ1v) is 8.14. The molecule has 0 unspecified atom stereocenters. The first kappa shape index (κ1) is 20.2. The van der Waals surface area contributed by atoms with Crippen molar-refractivity contribution in [3.05, 3.63) is 63.3 Å². The van der Waals surface area contributed by atoms with Crippen LogP contribution in [0, 0.1) is 0 Å². The third-order valence-electron chi connectivity index (χ3n) is 3.07. The average Bonchev–Trinajstić information content (AvgIpc) is 2.52. The van der Waals surface area contributed by atoms with Crippen LogP contribution in [0.2, 0.25) is 5.15 Å². The van der Waals surface area contributed by atoms with Gasteiger partial charge in [0.15, 0.2) is 5.96 Å². The Kier molecular flexibility index (Phi) is 9.50. The van der Waals surface area contributed by atoms with Crippen molar-refractivity contribution in [3.63, 3.8) is 0 Å². The molecule has 0 aliphatic heterocycles. The summed E-state index contributed by atoms with van der Waals surface area (Å²) in [5.41, 5.74) is 2.33. The summed E-state index contributed by atoms with van der Waals surface area (Å²) in [7, 11) is 1.76. The van der Waals surface area contributed by atoms with Crippen LogP contribution in [0.3, 0.4) is 0 Å². The zero-order chi connectivity index (χ0) is 15.8. The maximum absolute atomic E-state index is 5.77. The second kappa shape index (κ2) is 10.8. The normalized spacial score (nSPS) is 10.8. The summed E-state index contributed by atoms with van der Waals surface area (Å²) in [4.78, 5) is 8.29. The van der Waals surface area contributed by atoms with Gasteiger partial charge < -0.3 is 10.6 Å². The lowest BCUT2D eigenvalue weighted by Gasteiger charge is -2.12. The smallest absolute Gasteiger partial charge is 0.191 e. The summed E-state index contributed by atoms with van der Waals surface area (Å²) in [6.45, 7) is 1.50. The molecule has 0 amide bonds. The lowest BCUT2D eigenvalue weighted by molar-refractivity contribution is 0.793. The Morgan fingerprint density at radius 1 is 1.22 bits per heavy atom. The van der Waals surface area contributed by atoms with Gasteiger partial charge in [-0.25, -0.2) is 4.98 Å². The zero-order valence-corrected chi connectivity index (χ0v) is 17.4. The van der Waals surface area contributed by atoms with E-state index in [1.807, 2.05) is 18.2 Å². The molecule has 0 fully saturated rings. The minimum Gasteiger partial charge on any atom is -0.356 e. The van der Waals surface area contributed by atoms with Gasteiger partial charge in [0.05, 0.1) is 0 Å². The number of rotatable bonds is 5. The predicted molar refractivity (Wildman–Crippen MR) is 111 cm³/mol. The quantitative estimate of drug-likeness (QED) is 0.277. The Bertz CT molecular complexity index is 634. The molecule has 124 valence electrons. The number of halogens is 3. The van der Waals surface area contributed by atoms with E-state index in [0.717, 1.165) is 35.5 Å². The molecule has 0 radical (unpaired) electrons. The van der Waals surface area contributed by atoms with E-state index in [-0.39, 0.29) is 24.0 Å². The van der Waals surface area contributed by atoms with Crippen LogP contribution in [-0.2, 0) is 13.0 Å². The number of aliphatic imine (C=N–C) groups is 1. The fourth-order valence-electron chi connectivity index (χ4n) is 1.93. The number of guanidine groups is 1. The van der Waals surface area contributed by atoms with Gasteiger partial charge >= 0.3 is 0 Å². The Balaban J connectivity index is 0.00000264. The van der Waals surface area contributed by atoms with E-state index in [9.17, 15) is 0 Å². The van der Waals surface area contributed by atoms with Crippen LogP contribution in [-0.4, -0.2) is 24.5 Å². The van der Waals surface area contributed by atoms with Gasteiger partial charge in [0.1, 0.15) is 5.15 Å². The standard InChI is InChI=1S/C16H18BrClN4.HI/c1-19-16(22-11-13-3-2-4-14(17)9-13)20-8-7-12-5-6-15(18)21-10-12;/h2-6,9-10H,7-8,11H2,1H3,(H2,19,20,22);1H. The molecule has 0 aliphatic carbocycles. The summed E-state index contributed by atoms with van der Waals surface area (Å²) in [5, 5.41) is 7.09. The largest absolute Gasteiger partial charge is 0.356 e. The van der Waals surface area contributed by atoms with Gasteiger partial charge in [-0.05, 0) is 35.7 Å². The van der Waals surface area contributed by atoms with Crippen molar-refractivity contribution in [3.8, 4) is 0 Å². The van der Waals surface area contributed by atoms with Crippen molar-refractivity contribution in [2.75, 3.05) is 13.6 Å². The molecule has 7 heteroatoms. The summed E-state index contributed by atoms with van der Waals surface area (Å²) >= 11 is 9.24. The second-order valence-electron chi connectivity index (χ2n) is 4.72. The fraction of sp³-hybridized carbons (Fsp3) is 0.250.